The van der Waals surface area contributed by atoms with Gasteiger partial charge in [0.1, 0.15) is 6.61 Å². The monoisotopic (exact) mass is 446 g/mol. The molecule has 0 amide bonds. The molecule has 0 atom stereocenters. The lowest BCUT2D eigenvalue weighted by atomic mass is 10.1. The maximum Gasteiger partial charge on any atom is 0.416 e. The fraction of sp³-hybridized carbons (Fsp3) is 0.381. The third-order valence-corrected chi connectivity index (χ3v) is 4.95. The SMILES string of the molecule is C/C(=N\OCc1ccc(C(F)(F)F)cc1)c1ccc(OCc2nnnn2CC2CC2)nc1. The van der Waals surface area contributed by atoms with Crippen molar-refractivity contribution in [3.63, 3.8) is 0 Å². The summed E-state index contributed by atoms with van der Waals surface area (Å²) in [5.41, 5.74) is 1.18. The van der Waals surface area contributed by atoms with Crippen LogP contribution in [0.15, 0.2) is 47.8 Å². The molecule has 11 heteroatoms. The molecule has 0 saturated heterocycles. The number of halogens is 3. The minimum Gasteiger partial charge on any atom is -0.469 e. The van der Waals surface area contributed by atoms with E-state index in [4.69, 9.17) is 9.57 Å². The van der Waals surface area contributed by atoms with Crippen LogP contribution < -0.4 is 4.74 Å². The second-order valence-corrected chi connectivity index (χ2v) is 7.54. The molecule has 2 heterocycles. The first kappa shape index (κ1) is 21.7. The summed E-state index contributed by atoms with van der Waals surface area (Å²) in [4.78, 5) is 9.52. The molecule has 1 aromatic carbocycles. The lowest BCUT2D eigenvalue weighted by molar-refractivity contribution is -0.137. The molecule has 1 saturated carbocycles. The zero-order valence-corrected chi connectivity index (χ0v) is 17.3. The standard InChI is InChI=1S/C21H21F3N6O2/c1-14(27-32-12-16-4-7-18(8-5-16)21(22,23)24)17-6-9-20(25-10-17)31-13-19-26-28-29-30(19)11-15-2-3-15/h4-10,15H,2-3,11-13H2,1H3/b27-14+. The van der Waals surface area contributed by atoms with E-state index in [-0.39, 0.29) is 13.2 Å². The van der Waals surface area contributed by atoms with Crippen molar-refractivity contribution in [3.8, 4) is 5.88 Å². The summed E-state index contributed by atoms with van der Waals surface area (Å²) in [6, 6.07) is 8.25. The Balaban J connectivity index is 1.27. The summed E-state index contributed by atoms with van der Waals surface area (Å²) >= 11 is 0. The normalized spacial score (nSPS) is 14.4. The minimum absolute atomic E-state index is 0.0552. The van der Waals surface area contributed by atoms with Crippen molar-refractivity contribution in [2.75, 3.05) is 0 Å². The molecule has 1 fully saturated rings. The third-order valence-electron chi connectivity index (χ3n) is 4.95. The number of alkyl halides is 3. The number of benzene rings is 1. The lowest BCUT2D eigenvalue weighted by Crippen LogP contribution is -2.10. The van der Waals surface area contributed by atoms with E-state index in [2.05, 4.69) is 25.7 Å². The van der Waals surface area contributed by atoms with Crippen LogP contribution in [-0.4, -0.2) is 30.9 Å². The van der Waals surface area contributed by atoms with Crippen molar-refractivity contribution in [1.82, 2.24) is 25.2 Å². The number of oxime groups is 1. The maximum absolute atomic E-state index is 12.6. The van der Waals surface area contributed by atoms with Crippen LogP contribution >= 0.6 is 0 Å². The van der Waals surface area contributed by atoms with Gasteiger partial charge in [-0.1, -0.05) is 17.3 Å². The third kappa shape index (κ3) is 5.80. The second-order valence-electron chi connectivity index (χ2n) is 7.54. The first-order chi connectivity index (χ1) is 15.4. The Morgan fingerprint density at radius 1 is 1.12 bits per heavy atom. The van der Waals surface area contributed by atoms with Gasteiger partial charge >= 0.3 is 6.18 Å². The molecule has 32 heavy (non-hydrogen) atoms. The molecule has 0 unspecified atom stereocenters. The van der Waals surface area contributed by atoms with E-state index in [1.54, 1.807) is 29.9 Å². The fourth-order valence-electron chi connectivity index (χ4n) is 2.88. The smallest absolute Gasteiger partial charge is 0.416 e. The van der Waals surface area contributed by atoms with E-state index >= 15 is 0 Å². The van der Waals surface area contributed by atoms with Gasteiger partial charge in [-0.2, -0.15) is 13.2 Å². The molecule has 0 bridgehead atoms. The summed E-state index contributed by atoms with van der Waals surface area (Å²) in [6.45, 7) is 2.82. The Morgan fingerprint density at radius 2 is 1.91 bits per heavy atom. The Kier molecular flexibility index (Phi) is 6.33. The number of rotatable bonds is 9. The number of ether oxygens (including phenoxy) is 1. The highest BCUT2D eigenvalue weighted by atomic mass is 19.4. The largest absolute Gasteiger partial charge is 0.469 e. The van der Waals surface area contributed by atoms with Crippen molar-refractivity contribution < 1.29 is 22.7 Å². The topological polar surface area (TPSA) is 87.3 Å². The summed E-state index contributed by atoms with van der Waals surface area (Å²) in [5.74, 6) is 1.73. The predicted molar refractivity (Wildman–Crippen MR) is 108 cm³/mol. The van der Waals surface area contributed by atoms with Gasteiger partial charge < -0.3 is 9.57 Å². The molecule has 168 valence electrons. The highest BCUT2D eigenvalue weighted by Gasteiger charge is 2.29. The van der Waals surface area contributed by atoms with Crippen LogP contribution in [0, 0.1) is 5.92 Å². The van der Waals surface area contributed by atoms with E-state index in [0.29, 0.717) is 28.9 Å². The van der Waals surface area contributed by atoms with Gasteiger partial charge in [0.05, 0.1) is 11.3 Å². The number of nitrogens with zero attached hydrogens (tertiary/aromatic N) is 6. The maximum atomic E-state index is 12.6. The van der Waals surface area contributed by atoms with Crippen LogP contribution in [0.5, 0.6) is 5.88 Å². The number of hydrogen-bond donors (Lipinski definition) is 0. The van der Waals surface area contributed by atoms with Gasteiger partial charge in [-0.3, -0.25) is 0 Å². The number of tetrazole rings is 1. The van der Waals surface area contributed by atoms with Gasteiger partial charge in [-0.15, -0.1) is 5.10 Å². The number of pyridine rings is 1. The van der Waals surface area contributed by atoms with Gasteiger partial charge in [-0.25, -0.2) is 9.67 Å². The van der Waals surface area contributed by atoms with Gasteiger partial charge in [0, 0.05) is 24.4 Å². The summed E-state index contributed by atoms with van der Waals surface area (Å²) in [5, 5.41) is 15.7. The first-order valence-corrected chi connectivity index (χ1v) is 10.1. The summed E-state index contributed by atoms with van der Waals surface area (Å²) in [6.07, 6.45) is -0.346. The molecule has 4 rings (SSSR count). The van der Waals surface area contributed by atoms with Gasteiger partial charge in [-0.05, 0) is 59.9 Å². The highest BCUT2D eigenvalue weighted by Crippen LogP contribution is 2.30. The minimum atomic E-state index is -4.36. The van der Waals surface area contributed by atoms with Gasteiger partial charge in [0.15, 0.2) is 12.4 Å². The van der Waals surface area contributed by atoms with Crippen LogP contribution in [0.2, 0.25) is 0 Å². The Morgan fingerprint density at radius 3 is 2.56 bits per heavy atom. The van der Waals surface area contributed by atoms with Crippen molar-refractivity contribution >= 4 is 5.71 Å². The first-order valence-electron chi connectivity index (χ1n) is 10.1. The Bertz CT molecular complexity index is 1060. The van der Waals surface area contributed by atoms with E-state index in [1.807, 2.05) is 0 Å². The fourth-order valence-corrected chi connectivity index (χ4v) is 2.88. The average Bonchev–Trinajstić information content (AvgIpc) is 3.49. The summed E-state index contributed by atoms with van der Waals surface area (Å²) < 4.78 is 45.2. The van der Waals surface area contributed by atoms with Crippen molar-refractivity contribution in [2.45, 2.75) is 45.7 Å². The van der Waals surface area contributed by atoms with Crippen molar-refractivity contribution in [3.05, 3.63) is 65.1 Å². The second kappa shape index (κ2) is 9.33. The van der Waals surface area contributed by atoms with Crippen molar-refractivity contribution in [1.29, 1.82) is 0 Å². The van der Waals surface area contributed by atoms with Crippen LogP contribution in [0.3, 0.4) is 0 Å². The van der Waals surface area contributed by atoms with Gasteiger partial charge in [0.2, 0.25) is 5.88 Å². The van der Waals surface area contributed by atoms with E-state index in [0.717, 1.165) is 24.2 Å². The predicted octanol–water partition coefficient (Wildman–Crippen LogP) is 4.02. The number of aromatic nitrogens is 5. The van der Waals surface area contributed by atoms with Crippen LogP contribution in [0.1, 0.15) is 42.3 Å². The zero-order valence-electron chi connectivity index (χ0n) is 17.3. The quantitative estimate of drug-likeness (QED) is 0.365. The number of hydrogen-bond acceptors (Lipinski definition) is 7. The highest BCUT2D eigenvalue weighted by molar-refractivity contribution is 5.98. The van der Waals surface area contributed by atoms with E-state index in [9.17, 15) is 13.2 Å². The zero-order chi connectivity index (χ0) is 22.6. The molecule has 2 aromatic heterocycles. The molecule has 0 N–H and O–H groups in total. The Labute approximate surface area is 182 Å². The van der Waals surface area contributed by atoms with Crippen LogP contribution in [0.25, 0.3) is 0 Å². The molecule has 0 spiro atoms. The lowest BCUT2D eigenvalue weighted by Gasteiger charge is -2.08. The van der Waals surface area contributed by atoms with E-state index in [1.165, 1.54) is 25.0 Å². The molecule has 0 aliphatic heterocycles. The van der Waals surface area contributed by atoms with Gasteiger partial charge in [0.25, 0.3) is 0 Å². The van der Waals surface area contributed by atoms with Crippen molar-refractivity contribution in [2.24, 2.45) is 11.1 Å². The summed E-state index contributed by atoms with van der Waals surface area (Å²) in [7, 11) is 0. The average molecular weight is 446 g/mol. The molecular weight excluding hydrogens is 425 g/mol. The Hall–Kier alpha value is -3.50. The molecular formula is C21H21F3N6O2. The van der Waals surface area contributed by atoms with E-state index < -0.39 is 11.7 Å². The van der Waals surface area contributed by atoms with Crippen LogP contribution in [-0.2, 0) is 30.8 Å². The molecule has 1 aliphatic rings. The molecule has 3 aromatic rings. The molecule has 1 aliphatic carbocycles. The molecule has 0 radical (unpaired) electrons. The molecule has 8 nitrogen and oxygen atoms in total. The van der Waals surface area contributed by atoms with Crippen LogP contribution in [0.4, 0.5) is 13.2 Å².